The summed E-state index contributed by atoms with van der Waals surface area (Å²) in [6.45, 7) is 1.48. The minimum Gasteiger partial charge on any atom is -0.395 e. The van der Waals surface area contributed by atoms with E-state index in [2.05, 4.69) is 5.32 Å². The third-order valence-corrected chi connectivity index (χ3v) is 2.33. The van der Waals surface area contributed by atoms with Crippen molar-refractivity contribution in [2.24, 2.45) is 11.8 Å². The number of aliphatic hydroxyl groups is 1. The minimum atomic E-state index is 0.334. The van der Waals surface area contributed by atoms with E-state index in [-0.39, 0.29) is 0 Å². The van der Waals surface area contributed by atoms with Crippen LogP contribution in [0.3, 0.4) is 0 Å². The highest BCUT2D eigenvalue weighted by atomic mass is 16.3. The van der Waals surface area contributed by atoms with Crippen molar-refractivity contribution in [3.05, 3.63) is 0 Å². The van der Waals surface area contributed by atoms with Gasteiger partial charge >= 0.3 is 0 Å². The van der Waals surface area contributed by atoms with E-state index in [1.807, 2.05) is 0 Å². The molecule has 0 bridgehead atoms. The molecule has 2 fully saturated rings. The Labute approximate surface area is 48.9 Å². The highest BCUT2D eigenvalue weighted by Crippen LogP contribution is 2.44. The summed E-state index contributed by atoms with van der Waals surface area (Å²) in [4.78, 5) is 0. The average molecular weight is 113 g/mol. The van der Waals surface area contributed by atoms with E-state index < -0.39 is 0 Å². The zero-order valence-corrected chi connectivity index (χ0v) is 4.80. The number of rotatable bonds is 1. The Kier molecular flexibility index (Phi) is 0.866. The molecule has 1 aliphatic carbocycles. The van der Waals surface area contributed by atoms with Crippen LogP contribution < -0.4 is 5.32 Å². The predicted octanol–water partition coefficient (Wildman–Crippen LogP) is -0.413. The molecule has 0 unspecified atom stereocenters. The topological polar surface area (TPSA) is 32.3 Å². The van der Waals surface area contributed by atoms with Gasteiger partial charge < -0.3 is 10.4 Å². The second-order valence-corrected chi connectivity index (χ2v) is 2.86. The van der Waals surface area contributed by atoms with Gasteiger partial charge in [0.05, 0.1) is 6.61 Å². The van der Waals surface area contributed by atoms with Crippen LogP contribution in [0.2, 0.25) is 0 Å². The molecule has 2 rings (SSSR count). The van der Waals surface area contributed by atoms with Crippen LogP contribution in [0.15, 0.2) is 0 Å². The van der Waals surface area contributed by atoms with E-state index >= 15 is 0 Å². The summed E-state index contributed by atoms with van der Waals surface area (Å²) in [6, 6.07) is 0.444. The van der Waals surface area contributed by atoms with Gasteiger partial charge in [0.1, 0.15) is 0 Å². The second-order valence-electron chi connectivity index (χ2n) is 2.86. The van der Waals surface area contributed by atoms with Gasteiger partial charge in [0.2, 0.25) is 0 Å². The maximum Gasteiger partial charge on any atom is 0.0587 e. The Morgan fingerprint density at radius 1 is 1.62 bits per heavy atom. The van der Waals surface area contributed by atoms with Crippen molar-refractivity contribution >= 4 is 0 Å². The maximum absolute atomic E-state index is 8.70. The lowest BCUT2D eigenvalue weighted by atomic mass is 10.2. The van der Waals surface area contributed by atoms with Crippen molar-refractivity contribution < 1.29 is 5.11 Å². The summed E-state index contributed by atoms with van der Waals surface area (Å²) < 4.78 is 0. The van der Waals surface area contributed by atoms with Gasteiger partial charge in [-0.05, 0) is 24.8 Å². The molecule has 0 spiro atoms. The summed E-state index contributed by atoms with van der Waals surface area (Å²) in [5, 5.41) is 12.0. The van der Waals surface area contributed by atoms with Gasteiger partial charge in [-0.15, -0.1) is 0 Å². The zero-order valence-electron chi connectivity index (χ0n) is 4.80. The van der Waals surface area contributed by atoms with Crippen LogP contribution in [0.25, 0.3) is 0 Å². The average Bonchev–Trinajstić information content (AvgIpc) is 2.46. The number of nitrogens with one attached hydrogen (secondary N) is 1. The molecule has 0 amide bonds. The van der Waals surface area contributed by atoms with Gasteiger partial charge in [-0.2, -0.15) is 0 Å². The first-order valence-corrected chi connectivity index (χ1v) is 3.26. The molecule has 1 saturated heterocycles. The van der Waals surface area contributed by atoms with Crippen molar-refractivity contribution in [3.8, 4) is 0 Å². The van der Waals surface area contributed by atoms with Gasteiger partial charge in [0, 0.05) is 6.04 Å². The maximum atomic E-state index is 8.70. The van der Waals surface area contributed by atoms with Gasteiger partial charge in [-0.1, -0.05) is 0 Å². The molecule has 2 heteroatoms. The van der Waals surface area contributed by atoms with Gasteiger partial charge in [-0.3, -0.25) is 0 Å². The number of hydrogen-bond acceptors (Lipinski definition) is 2. The lowest BCUT2D eigenvalue weighted by Gasteiger charge is -2.06. The first-order valence-electron chi connectivity index (χ1n) is 3.26. The van der Waals surface area contributed by atoms with E-state index in [1.165, 1.54) is 6.42 Å². The molecule has 46 valence electrons. The number of aliphatic hydroxyl groups excluding tert-OH is 1. The molecule has 2 aliphatic rings. The fourth-order valence-electron chi connectivity index (χ4n) is 1.65. The van der Waals surface area contributed by atoms with Crippen LogP contribution in [0.4, 0.5) is 0 Å². The smallest absolute Gasteiger partial charge is 0.0587 e. The second kappa shape index (κ2) is 1.45. The SMILES string of the molecule is OC[C@@H]1NC[C@H]2C[C@H]21. The lowest BCUT2D eigenvalue weighted by Crippen LogP contribution is -2.29. The molecule has 3 atom stereocenters. The van der Waals surface area contributed by atoms with Gasteiger partial charge in [0.25, 0.3) is 0 Å². The third-order valence-electron chi connectivity index (χ3n) is 2.33. The molecule has 1 heterocycles. The number of piperidine rings is 1. The Hall–Kier alpha value is -0.0800. The summed E-state index contributed by atoms with van der Waals surface area (Å²) in [5.41, 5.74) is 0. The van der Waals surface area contributed by atoms with Gasteiger partial charge in [-0.25, -0.2) is 0 Å². The molecule has 1 saturated carbocycles. The van der Waals surface area contributed by atoms with Crippen molar-refractivity contribution in [1.29, 1.82) is 0 Å². The summed E-state index contributed by atoms with van der Waals surface area (Å²) >= 11 is 0. The summed E-state index contributed by atoms with van der Waals surface area (Å²) in [6.07, 6.45) is 1.36. The first kappa shape index (κ1) is 4.77. The van der Waals surface area contributed by atoms with Crippen LogP contribution >= 0.6 is 0 Å². The number of hydrogen-bond donors (Lipinski definition) is 2. The van der Waals surface area contributed by atoms with E-state index in [1.54, 1.807) is 0 Å². The monoisotopic (exact) mass is 113 g/mol. The van der Waals surface area contributed by atoms with Crippen LogP contribution in [0, 0.1) is 11.8 Å². The standard InChI is InChI=1S/C6H11NO/c8-3-6-5-1-4(5)2-7-6/h4-8H,1-3H2/t4-,5-,6+/m1/s1. The molecule has 0 aromatic carbocycles. The highest BCUT2D eigenvalue weighted by Gasteiger charge is 2.47. The van der Waals surface area contributed by atoms with E-state index in [9.17, 15) is 0 Å². The predicted molar refractivity (Wildman–Crippen MR) is 30.5 cm³/mol. The van der Waals surface area contributed by atoms with E-state index in [4.69, 9.17) is 5.11 Å². The van der Waals surface area contributed by atoms with Crippen LogP contribution in [0.5, 0.6) is 0 Å². The van der Waals surface area contributed by atoms with Crippen molar-refractivity contribution in [1.82, 2.24) is 5.32 Å². The van der Waals surface area contributed by atoms with Crippen molar-refractivity contribution in [2.75, 3.05) is 13.2 Å². The lowest BCUT2D eigenvalue weighted by molar-refractivity contribution is 0.242. The highest BCUT2D eigenvalue weighted by molar-refractivity contribution is 5.01. The summed E-state index contributed by atoms with van der Waals surface area (Å²) in [5.74, 6) is 1.76. The van der Waals surface area contributed by atoms with Crippen molar-refractivity contribution in [2.45, 2.75) is 12.5 Å². The quantitative estimate of drug-likeness (QED) is 0.484. The third kappa shape index (κ3) is 0.501. The molecule has 2 N–H and O–H groups in total. The van der Waals surface area contributed by atoms with E-state index in [0.29, 0.717) is 12.6 Å². The molecule has 0 aromatic rings. The zero-order chi connectivity index (χ0) is 5.56. The van der Waals surface area contributed by atoms with Crippen molar-refractivity contribution in [3.63, 3.8) is 0 Å². The Bertz CT molecular complexity index is 105. The normalized spacial score (nSPS) is 51.4. The fourth-order valence-corrected chi connectivity index (χ4v) is 1.65. The Morgan fingerprint density at radius 3 is 2.75 bits per heavy atom. The van der Waals surface area contributed by atoms with Crippen LogP contribution in [0.1, 0.15) is 6.42 Å². The van der Waals surface area contributed by atoms with Crippen LogP contribution in [-0.4, -0.2) is 24.3 Å². The minimum absolute atomic E-state index is 0.334. The molecule has 0 aromatic heterocycles. The fraction of sp³-hybridized carbons (Fsp3) is 1.00. The molecule has 1 aliphatic heterocycles. The van der Waals surface area contributed by atoms with E-state index in [0.717, 1.165) is 18.4 Å². The number of fused-ring (bicyclic) bond motifs is 1. The largest absolute Gasteiger partial charge is 0.395 e. The Morgan fingerprint density at radius 2 is 2.50 bits per heavy atom. The molecular weight excluding hydrogens is 102 g/mol. The molecule has 8 heavy (non-hydrogen) atoms. The molecular formula is C6H11NO. The Balaban J connectivity index is 1.97. The van der Waals surface area contributed by atoms with Gasteiger partial charge in [0.15, 0.2) is 0 Å². The molecule has 0 radical (unpaired) electrons. The first-order chi connectivity index (χ1) is 3.92. The van der Waals surface area contributed by atoms with Crippen LogP contribution in [-0.2, 0) is 0 Å². The molecule has 2 nitrogen and oxygen atoms in total. The summed E-state index contributed by atoms with van der Waals surface area (Å²) in [7, 11) is 0.